The highest BCUT2D eigenvalue weighted by Crippen LogP contribution is 2.22. The van der Waals surface area contributed by atoms with Gasteiger partial charge in [-0.25, -0.2) is 0 Å². The summed E-state index contributed by atoms with van der Waals surface area (Å²) in [5, 5.41) is 0. The van der Waals surface area contributed by atoms with Crippen LogP contribution in [-0.2, 0) is 6.42 Å². The Morgan fingerprint density at radius 1 is 0.950 bits per heavy atom. The summed E-state index contributed by atoms with van der Waals surface area (Å²) in [5.41, 5.74) is 2.77. The summed E-state index contributed by atoms with van der Waals surface area (Å²) >= 11 is 1.40. The lowest BCUT2D eigenvalue weighted by molar-refractivity contribution is 0.0994. The summed E-state index contributed by atoms with van der Waals surface area (Å²) in [5.74, 6) is 0.133. The number of hydrogen-bond donors (Lipinski definition) is 0. The maximum atomic E-state index is 12.1. The van der Waals surface area contributed by atoms with Crippen LogP contribution in [0.3, 0.4) is 0 Å². The summed E-state index contributed by atoms with van der Waals surface area (Å²) < 4.78 is 4.42. The zero-order valence-corrected chi connectivity index (χ0v) is 11.6. The van der Waals surface area contributed by atoms with Crippen molar-refractivity contribution >= 4 is 17.3 Å². The fourth-order valence-electron chi connectivity index (χ4n) is 2.03. The number of ketones is 1. The fourth-order valence-corrected chi connectivity index (χ4v) is 2.76. The van der Waals surface area contributed by atoms with E-state index in [0.29, 0.717) is 6.42 Å². The number of Topliss-reactive ketones (excluding diaryl/α,β-unsaturated/α-hetero) is 1. The number of hydrogen-bond acceptors (Lipinski definition) is 3. The molecule has 3 heteroatoms. The van der Waals surface area contributed by atoms with Crippen LogP contribution in [0.5, 0.6) is 0 Å². The van der Waals surface area contributed by atoms with Crippen molar-refractivity contribution in [2.24, 2.45) is 0 Å². The highest BCUT2D eigenvalue weighted by atomic mass is 32.1. The molecule has 2 nitrogen and oxygen atoms in total. The molecule has 2 aromatic carbocycles. The number of rotatable bonds is 4. The largest absolute Gasteiger partial charge is 0.294 e. The average molecular weight is 279 g/mol. The standard InChI is InChI=1S/C17H13NOS/c19-17(14-9-5-2-6-10-14)12-15-11-16(18-20-15)13-7-3-1-4-8-13/h1-11H,12H2. The van der Waals surface area contributed by atoms with Gasteiger partial charge in [0.2, 0.25) is 0 Å². The lowest BCUT2D eigenvalue weighted by atomic mass is 10.1. The average Bonchev–Trinajstić information content (AvgIpc) is 2.97. The van der Waals surface area contributed by atoms with Crippen molar-refractivity contribution in [3.8, 4) is 11.3 Å². The van der Waals surface area contributed by atoms with Crippen molar-refractivity contribution in [2.45, 2.75) is 6.42 Å². The Morgan fingerprint density at radius 3 is 2.30 bits per heavy atom. The van der Waals surface area contributed by atoms with Crippen molar-refractivity contribution in [1.82, 2.24) is 4.37 Å². The molecular formula is C17H13NOS. The second-order valence-electron chi connectivity index (χ2n) is 4.51. The van der Waals surface area contributed by atoms with Gasteiger partial charge in [-0.3, -0.25) is 4.79 Å². The summed E-state index contributed by atoms with van der Waals surface area (Å²) in [6.07, 6.45) is 0.411. The Kier molecular flexibility index (Phi) is 3.70. The number of carbonyl (C=O) groups excluding carboxylic acids is 1. The molecule has 0 radical (unpaired) electrons. The van der Waals surface area contributed by atoms with Crippen molar-refractivity contribution in [3.05, 3.63) is 77.2 Å². The highest BCUT2D eigenvalue weighted by molar-refractivity contribution is 7.06. The maximum Gasteiger partial charge on any atom is 0.168 e. The topological polar surface area (TPSA) is 30.0 Å². The molecule has 0 atom stereocenters. The van der Waals surface area contributed by atoms with E-state index in [0.717, 1.165) is 21.7 Å². The van der Waals surface area contributed by atoms with Crippen LogP contribution in [0.4, 0.5) is 0 Å². The van der Waals surface area contributed by atoms with Crippen molar-refractivity contribution in [1.29, 1.82) is 0 Å². The predicted molar refractivity (Wildman–Crippen MR) is 82.0 cm³/mol. The zero-order valence-electron chi connectivity index (χ0n) is 10.8. The van der Waals surface area contributed by atoms with Gasteiger partial charge in [-0.1, -0.05) is 60.7 Å². The van der Waals surface area contributed by atoms with Gasteiger partial charge in [0.15, 0.2) is 5.78 Å². The normalized spacial score (nSPS) is 10.4. The van der Waals surface area contributed by atoms with Gasteiger partial charge in [-0.2, -0.15) is 4.37 Å². The Balaban J connectivity index is 1.77. The van der Waals surface area contributed by atoms with Crippen LogP contribution in [-0.4, -0.2) is 10.2 Å². The van der Waals surface area contributed by atoms with Crippen LogP contribution < -0.4 is 0 Å². The minimum absolute atomic E-state index is 0.133. The molecule has 0 unspecified atom stereocenters. The summed E-state index contributed by atoms with van der Waals surface area (Å²) in [6.45, 7) is 0. The van der Waals surface area contributed by atoms with Gasteiger partial charge in [-0.05, 0) is 17.6 Å². The van der Waals surface area contributed by atoms with Crippen LogP contribution in [0.1, 0.15) is 15.2 Å². The smallest absolute Gasteiger partial charge is 0.168 e. The Hall–Kier alpha value is -2.26. The lowest BCUT2D eigenvalue weighted by Gasteiger charge is -1.97. The first-order valence-electron chi connectivity index (χ1n) is 6.42. The highest BCUT2D eigenvalue weighted by Gasteiger charge is 2.10. The van der Waals surface area contributed by atoms with E-state index in [9.17, 15) is 4.79 Å². The molecule has 0 amide bonds. The third kappa shape index (κ3) is 2.83. The molecule has 0 aliphatic rings. The van der Waals surface area contributed by atoms with Gasteiger partial charge in [-0.15, -0.1) is 0 Å². The molecule has 0 saturated carbocycles. The van der Waals surface area contributed by atoms with Gasteiger partial charge in [0, 0.05) is 22.4 Å². The molecule has 3 rings (SSSR count). The molecule has 1 heterocycles. The number of aromatic nitrogens is 1. The molecule has 0 fully saturated rings. The predicted octanol–water partition coefficient (Wildman–Crippen LogP) is 4.24. The first-order valence-corrected chi connectivity index (χ1v) is 7.19. The number of benzene rings is 2. The van der Waals surface area contributed by atoms with Crippen LogP contribution in [0.2, 0.25) is 0 Å². The van der Waals surface area contributed by atoms with Gasteiger partial charge >= 0.3 is 0 Å². The van der Waals surface area contributed by atoms with E-state index < -0.39 is 0 Å². The van der Waals surface area contributed by atoms with E-state index in [1.54, 1.807) is 0 Å². The first kappa shape index (κ1) is 12.8. The minimum atomic E-state index is 0.133. The third-order valence-electron chi connectivity index (χ3n) is 3.06. The SMILES string of the molecule is O=C(Cc1cc(-c2ccccc2)ns1)c1ccccc1. The number of nitrogens with zero attached hydrogens (tertiary/aromatic N) is 1. The molecular weight excluding hydrogens is 266 g/mol. The van der Waals surface area contributed by atoms with Crippen molar-refractivity contribution in [3.63, 3.8) is 0 Å². The second kappa shape index (κ2) is 5.80. The van der Waals surface area contributed by atoms with Gasteiger partial charge in [0.25, 0.3) is 0 Å². The Morgan fingerprint density at radius 2 is 1.60 bits per heavy atom. The Labute approximate surface area is 121 Å². The summed E-state index contributed by atoms with van der Waals surface area (Å²) in [6, 6.07) is 21.4. The van der Waals surface area contributed by atoms with Crippen LogP contribution in [0.15, 0.2) is 66.7 Å². The van der Waals surface area contributed by atoms with Gasteiger partial charge in [0.1, 0.15) is 0 Å². The van der Waals surface area contributed by atoms with E-state index in [-0.39, 0.29) is 5.78 Å². The lowest BCUT2D eigenvalue weighted by Crippen LogP contribution is -2.01. The molecule has 1 aromatic heterocycles. The third-order valence-corrected chi connectivity index (χ3v) is 3.84. The molecule has 0 spiro atoms. The van der Waals surface area contributed by atoms with Crippen molar-refractivity contribution in [2.75, 3.05) is 0 Å². The van der Waals surface area contributed by atoms with Gasteiger partial charge < -0.3 is 0 Å². The summed E-state index contributed by atoms with van der Waals surface area (Å²) in [4.78, 5) is 13.1. The molecule has 20 heavy (non-hydrogen) atoms. The van der Waals surface area contributed by atoms with E-state index >= 15 is 0 Å². The van der Waals surface area contributed by atoms with E-state index in [1.165, 1.54) is 11.5 Å². The summed E-state index contributed by atoms with van der Waals surface area (Å²) in [7, 11) is 0. The monoisotopic (exact) mass is 279 g/mol. The molecule has 0 bridgehead atoms. The van der Waals surface area contributed by atoms with Gasteiger partial charge in [0.05, 0.1) is 5.69 Å². The number of carbonyl (C=O) groups is 1. The molecule has 0 aliphatic heterocycles. The quantitative estimate of drug-likeness (QED) is 0.669. The fraction of sp³-hybridized carbons (Fsp3) is 0.0588. The van der Waals surface area contributed by atoms with Crippen LogP contribution in [0.25, 0.3) is 11.3 Å². The Bertz CT molecular complexity index is 704. The van der Waals surface area contributed by atoms with Crippen molar-refractivity contribution < 1.29 is 4.79 Å². The maximum absolute atomic E-state index is 12.1. The molecule has 0 aliphatic carbocycles. The zero-order chi connectivity index (χ0) is 13.8. The second-order valence-corrected chi connectivity index (χ2v) is 5.40. The molecule has 0 saturated heterocycles. The minimum Gasteiger partial charge on any atom is -0.294 e. The first-order chi connectivity index (χ1) is 9.83. The van der Waals surface area contributed by atoms with E-state index in [1.807, 2.05) is 66.7 Å². The molecule has 0 N–H and O–H groups in total. The van der Waals surface area contributed by atoms with Crippen LogP contribution >= 0.6 is 11.5 Å². The van der Waals surface area contributed by atoms with E-state index in [2.05, 4.69) is 4.37 Å². The van der Waals surface area contributed by atoms with E-state index in [4.69, 9.17) is 0 Å². The van der Waals surface area contributed by atoms with Crippen LogP contribution in [0, 0.1) is 0 Å². The molecule has 98 valence electrons. The molecule has 3 aromatic rings.